The largest absolute Gasteiger partial charge is 0.327 e. The highest BCUT2D eigenvalue weighted by Crippen LogP contribution is 2.18. The van der Waals surface area contributed by atoms with E-state index in [0.717, 1.165) is 16.5 Å². The molecular formula is C10H12BrN. The van der Waals surface area contributed by atoms with E-state index in [1.807, 2.05) is 18.2 Å². The second-order valence-corrected chi connectivity index (χ2v) is 3.58. The number of nitrogens with two attached hydrogens (primary N) is 1. The zero-order chi connectivity index (χ0) is 8.97. The summed E-state index contributed by atoms with van der Waals surface area (Å²) in [6.07, 6.45) is 0.859. The van der Waals surface area contributed by atoms with Gasteiger partial charge in [-0.1, -0.05) is 46.3 Å². The Balaban J connectivity index is 2.75. The summed E-state index contributed by atoms with van der Waals surface area (Å²) in [6.45, 7) is 4.42. The Morgan fingerprint density at radius 1 is 1.42 bits per heavy atom. The lowest BCUT2D eigenvalue weighted by Crippen LogP contribution is -2.04. The van der Waals surface area contributed by atoms with E-state index in [9.17, 15) is 0 Å². The quantitative estimate of drug-likeness (QED) is 0.787. The third kappa shape index (κ3) is 2.47. The molecule has 1 aromatic rings. The fraction of sp³-hybridized carbons (Fsp3) is 0.200. The summed E-state index contributed by atoms with van der Waals surface area (Å²) in [5.41, 5.74) is 7.76. The van der Waals surface area contributed by atoms with Crippen LogP contribution < -0.4 is 5.73 Å². The molecule has 0 amide bonds. The molecule has 0 saturated carbocycles. The lowest BCUT2D eigenvalue weighted by atomic mass is 10.1. The average molecular weight is 226 g/mol. The zero-order valence-electron chi connectivity index (χ0n) is 6.89. The molecule has 0 aliphatic carbocycles. The van der Waals surface area contributed by atoms with Crippen molar-refractivity contribution in [1.82, 2.24) is 0 Å². The van der Waals surface area contributed by atoms with Gasteiger partial charge in [0.15, 0.2) is 0 Å². The van der Waals surface area contributed by atoms with Gasteiger partial charge >= 0.3 is 0 Å². The molecule has 0 atom stereocenters. The first-order valence-corrected chi connectivity index (χ1v) is 4.63. The summed E-state index contributed by atoms with van der Waals surface area (Å²) in [5, 5.41) is 0. The van der Waals surface area contributed by atoms with Crippen molar-refractivity contribution in [3.05, 3.63) is 46.5 Å². The maximum Gasteiger partial charge on any atom is 0.0210 e. The lowest BCUT2D eigenvalue weighted by Gasteiger charge is -2.04. The molecular weight excluding hydrogens is 214 g/mol. The van der Waals surface area contributed by atoms with Crippen LogP contribution in [0.1, 0.15) is 5.56 Å². The molecule has 0 aliphatic heterocycles. The molecule has 0 unspecified atom stereocenters. The van der Waals surface area contributed by atoms with Crippen LogP contribution in [0.4, 0.5) is 0 Å². The smallest absolute Gasteiger partial charge is 0.0210 e. The van der Waals surface area contributed by atoms with Crippen LogP contribution in [0.15, 0.2) is 40.9 Å². The summed E-state index contributed by atoms with van der Waals surface area (Å²) in [6, 6.07) is 8.12. The van der Waals surface area contributed by atoms with Gasteiger partial charge in [-0.05, 0) is 18.1 Å². The van der Waals surface area contributed by atoms with Crippen LogP contribution in [0.25, 0.3) is 0 Å². The van der Waals surface area contributed by atoms with Gasteiger partial charge in [-0.15, -0.1) is 0 Å². The van der Waals surface area contributed by atoms with Gasteiger partial charge in [0, 0.05) is 11.0 Å². The molecule has 0 bridgehead atoms. The van der Waals surface area contributed by atoms with Gasteiger partial charge in [0.05, 0.1) is 0 Å². The highest BCUT2D eigenvalue weighted by atomic mass is 79.9. The minimum absolute atomic E-state index is 0.557. The second-order valence-electron chi connectivity index (χ2n) is 2.72. The number of benzene rings is 1. The van der Waals surface area contributed by atoms with Crippen LogP contribution in [0.2, 0.25) is 0 Å². The Hall–Kier alpha value is -0.600. The SMILES string of the molecule is C=C(CN)Cc1ccccc1Br. The third-order valence-electron chi connectivity index (χ3n) is 1.69. The van der Waals surface area contributed by atoms with Crippen molar-refractivity contribution < 1.29 is 0 Å². The van der Waals surface area contributed by atoms with Crippen molar-refractivity contribution in [2.24, 2.45) is 5.73 Å². The molecule has 12 heavy (non-hydrogen) atoms. The van der Waals surface area contributed by atoms with Gasteiger partial charge in [-0.2, -0.15) is 0 Å². The highest BCUT2D eigenvalue weighted by Gasteiger charge is 1.98. The van der Waals surface area contributed by atoms with E-state index in [1.165, 1.54) is 5.56 Å². The van der Waals surface area contributed by atoms with Crippen molar-refractivity contribution in [2.45, 2.75) is 6.42 Å². The van der Waals surface area contributed by atoms with Gasteiger partial charge < -0.3 is 5.73 Å². The van der Waals surface area contributed by atoms with E-state index in [4.69, 9.17) is 5.73 Å². The maximum absolute atomic E-state index is 5.46. The summed E-state index contributed by atoms with van der Waals surface area (Å²) in [7, 11) is 0. The van der Waals surface area contributed by atoms with E-state index in [-0.39, 0.29) is 0 Å². The van der Waals surface area contributed by atoms with E-state index in [1.54, 1.807) is 0 Å². The Morgan fingerprint density at radius 3 is 2.67 bits per heavy atom. The molecule has 64 valence electrons. The van der Waals surface area contributed by atoms with E-state index in [2.05, 4.69) is 28.6 Å². The molecule has 0 saturated heterocycles. The molecule has 0 radical (unpaired) electrons. The lowest BCUT2D eigenvalue weighted by molar-refractivity contribution is 1.04. The van der Waals surface area contributed by atoms with Gasteiger partial charge in [0.1, 0.15) is 0 Å². The van der Waals surface area contributed by atoms with Crippen LogP contribution in [-0.4, -0.2) is 6.54 Å². The topological polar surface area (TPSA) is 26.0 Å². The Kier molecular flexibility index (Phi) is 3.50. The van der Waals surface area contributed by atoms with Crippen LogP contribution in [-0.2, 0) is 6.42 Å². The number of hydrogen-bond donors (Lipinski definition) is 1. The Labute approximate surface area is 81.4 Å². The number of halogens is 1. The summed E-state index contributed by atoms with van der Waals surface area (Å²) >= 11 is 3.47. The van der Waals surface area contributed by atoms with Crippen molar-refractivity contribution in [1.29, 1.82) is 0 Å². The molecule has 0 fully saturated rings. The van der Waals surface area contributed by atoms with Gasteiger partial charge in [0.25, 0.3) is 0 Å². The molecule has 0 heterocycles. The molecule has 2 N–H and O–H groups in total. The Morgan fingerprint density at radius 2 is 2.08 bits per heavy atom. The third-order valence-corrected chi connectivity index (χ3v) is 2.46. The highest BCUT2D eigenvalue weighted by molar-refractivity contribution is 9.10. The van der Waals surface area contributed by atoms with Crippen LogP contribution in [0.3, 0.4) is 0 Å². The average Bonchev–Trinajstić information content (AvgIpc) is 2.09. The van der Waals surface area contributed by atoms with Crippen molar-refractivity contribution in [2.75, 3.05) is 6.54 Å². The van der Waals surface area contributed by atoms with Gasteiger partial charge in [-0.3, -0.25) is 0 Å². The van der Waals surface area contributed by atoms with Gasteiger partial charge in [0.2, 0.25) is 0 Å². The van der Waals surface area contributed by atoms with Crippen LogP contribution >= 0.6 is 15.9 Å². The first-order chi connectivity index (χ1) is 5.74. The zero-order valence-corrected chi connectivity index (χ0v) is 8.47. The van der Waals surface area contributed by atoms with E-state index in [0.29, 0.717) is 6.54 Å². The minimum atomic E-state index is 0.557. The summed E-state index contributed by atoms with van der Waals surface area (Å²) in [5.74, 6) is 0. The summed E-state index contributed by atoms with van der Waals surface area (Å²) in [4.78, 5) is 0. The molecule has 0 aliphatic rings. The molecule has 1 nitrogen and oxygen atoms in total. The predicted octanol–water partition coefficient (Wildman–Crippen LogP) is 2.51. The first-order valence-electron chi connectivity index (χ1n) is 3.84. The predicted molar refractivity (Wildman–Crippen MR) is 56.0 cm³/mol. The van der Waals surface area contributed by atoms with Crippen molar-refractivity contribution in [3.63, 3.8) is 0 Å². The normalized spacial score (nSPS) is 9.83. The molecule has 1 aromatic carbocycles. The van der Waals surface area contributed by atoms with Gasteiger partial charge in [-0.25, -0.2) is 0 Å². The fourth-order valence-electron chi connectivity index (χ4n) is 0.983. The first kappa shape index (κ1) is 9.49. The molecule has 0 aromatic heterocycles. The molecule has 2 heteroatoms. The number of hydrogen-bond acceptors (Lipinski definition) is 1. The van der Waals surface area contributed by atoms with Crippen molar-refractivity contribution >= 4 is 15.9 Å². The number of rotatable bonds is 3. The standard InChI is InChI=1S/C10H12BrN/c1-8(7-12)6-9-4-2-3-5-10(9)11/h2-5H,1,6-7,12H2. The van der Waals surface area contributed by atoms with E-state index >= 15 is 0 Å². The Bertz CT molecular complexity index is 281. The monoisotopic (exact) mass is 225 g/mol. The van der Waals surface area contributed by atoms with Crippen LogP contribution in [0.5, 0.6) is 0 Å². The van der Waals surface area contributed by atoms with E-state index < -0.39 is 0 Å². The van der Waals surface area contributed by atoms with Crippen LogP contribution in [0, 0.1) is 0 Å². The minimum Gasteiger partial charge on any atom is -0.327 e. The maximum atomic E-state index is 5.46. The summed E-state index contributed by atoms with van der Waals surface area (Å²) < 4.78 is 1.12. The van der Waals surface area contributed by atoms with Crippen molar-refractivity contribution in [3.8, 4) is 0 Å². The second kappa shape index (κ2) is 4.43. The fourth-order valence-corrected chi connectivity index (χ4v) is 1.41. The molecule has 1 rings (SSSR count). The molecule has 0 spiro atoms.